The van der Waals surface area contributed by atoms with Crippen LogP contribution in [-0.2, 0) is 6.42 Å². The Morgan fingerprint density at radius 3 is 2.70 bits per heavy atom. The van der Waals surface area contributed by atoms with Gasteiger partial charge in [-0.1, -0.05) is 30.9 Å². The number of hydrogen-bond donors (Lipinski definition) is 2. The van der Waals surface area contributed by atoms with Gasteiger partial charge in [0.15, 0.2) is 0 Å². The summed E-state index contributed by atoms with van der Waals surface area (Å²) in [7, 11) is 0. The molecule has 0 aliphatic heterocycles. The van der Waals surface area contributed by atoms with E-state index in [1.165, 1.54) is 12.1 Å². The van der Waals surface area contributed by atoms with Crippen molar-refractivity contribution in [3.63, 3.8) is 0 Å². The van der Waals surface area contributed by atoms with Crippen molar-refractivity contribution in [2.75, 3.05) is 23.8 Å². The maximum absolute atomic E-state index is 13.5. The minimum Gasteiger partial charge on any atom is -0.488 e. The van der Waals surface area contributed by atoms with Gasteiger partial charge in [0, 0.05) is 29.8 Å². The van der Waals surface area contributed by atoms with E-state index >= 15 is 0 Å². The number of fused-ring (bicyclic) bond motifs is 1. The third-order valence-corrected chi connectivity index (χ3v) is 5.45. The minimum atomic E-state index is -0.259. The third kappa shape index (κ3) is 4.85. The zero-order valence-electron chi connectivity index (χ0n) is 18.1. The molecule has 0 spiro atoms. The largest absolute Gasteiger partial charge is 0.488 e. The molecule has 0 radical (unpaired) electrons. The lowest BCUT2D eigenvalue weighted by Crippen LogP contribution is -2.10. The average molecular weight is 442 g/mol. The van der Waals surface area contributed by atoms with E-state index in [1.807, 2.05) is 12.1 Å². The highest BCUT2D eigenvalue weighted by molar-refractivity contribution is 5.63. The van der Waals surface area contributed by atoms with Crippen LogP contribution in [0.2, 0.25) is 0 Å². The Balaban J connectivity index is 1.70. The van der Waals surface area contributed by atoms with Crippen LogP contribution in [-0.4, -0.2) is 23.1 Å². The Morgan fingerprint density at radius 2 is 1.97 bits per heavy atom. The Labute approximate surface area is 192 Å². The van der Waals surface area contributed by atoms with E-state index in [-0.39, 0.29) is 11.7 Å². The molecule has 1 aromatic heterocycles. The summed E-state index contributed by atoms with van der Waals surface area (Å²) in [5.74, 6) is 1.43. The van der Waals surface area contributed by atoms with Gasteiger partial charge in [0.2, 0.25) is 5.95 Å². The van der Waals surface area contributed by atoms with Gasteiger partial charge in [0.1, 0.15) is 30.1 Å². The number of nitriles is 1. The monoisotopic (exact) mass is 441 g/mol. The average Bonchev–Trinajstić information content (AvgIpc) is 3.26. The standard InChI is InChI=1S/C26H24FN5O/c1-3-13-29-25-22-12-11-21(17-5-8-19(27)9-6-17)24(22)31-26(32-25)30-20-10-7-18(16-28)23(15-20)33-14-4-2/h3-10,15,21H,1-2,11-14H2,(H2,29,30,31,32). The second-order valence-electron chi connectivity index (χ2n) is 7.62. The molecule has 4 rings (SSSR count). The Kier molecular flexibility index (Phi) is 6.65. The molecule has 0 bridgehead atoms. The first-order valence-corrected chi connectivity index (χ1v) is 10.7. The molecule has 0 saturated carbocycles. The van der Waals surface area contributed by atoms with Crippen molar-refractivity contribution in [1.29, 1.82) is 5.26 Å². The lowest BCUT2D eigenvalue weighted by Gasteiger charge is -2.16. The van der Waals surface area contributed by atoms with Gasteiger partial charge >= 0.3 is 0 Å². The Hall–Kier alpha value is -4.18. The molecule has 1 aliphatic rings. The number of ether oxygens (including phenoxy) is 1. The first-order valence-electron chi connectivity index (χ1n) is 10.7. The number of rotatable bonds is 9. The summed E-state index contributed by atoms with van der Waals surface area (Å²) >= 11 is 0. The molecular weight excluding hydrogens is 417 g/mol. The van der Waals surface area contributed by atoms with Gasteiger partial charge < -0.3 is 15.4 Å². The number of hydrogen-bond acceptors (Lipinski definition) is 6. The van der Waals surface area contributed by atoms with Crippen LogP contribution < -0.4 is 15.4 Å². The fourth-order valence-electron chi connectivity index (χ4n) is 3.94. The lowest BCUT2D eigenvalue weighted by molar-refractivity contribution is 0.362. The number of halogens is 1. The summed E-state index contributed by atoms with van der Waals surface area (Å²) in [4.78, 5) is 9.52. The van der Waals surface area contributed by atoms with Gasteiger partial charge in [-0.25, -0.2) is 9.37 Å². The highest BCUT2D eigenvalue weighted by atomic mass is 19.1. The molecule has 0 fully saturated rings. The van der Waals surface area contributed by atoms with Crippen LogP contribution in [0.25, 0.3) is 0 Å². The number of nitrogens with zero attached hydrogens (tertiary/aromatic N) is 3. The van der Waals surface area contributed by atoms with Crippen LogP contribution >= 0.6 is 0 Å². The van der Waals surface area contributed by atoms with Crippen molar-refractivity contribution >= 4 is 17.5 Å². The summed E-state index contributed by atoms with van der Waals surface area (Å²) in [6.07, 6.45) is 5.10. The van der Waals surface area contributed by atoms with Gasteiger partial charge in [0.25, 0.3) is 0 Å². The second-order valence-corrected chi connectivity index (χ2v) is 7.62. The molecule has 0 amide bonds. The molecule has 1 atom stereocenters. The number of benzene rings is 2. The van der Waals surface area contributed by atoms with Crippen LogP contribution in [0.5, 0.6) is 5.75 Å². The molecule has 2 N–H and O–H groups in total. The molecule has 33 heavy (non-hydrogen) atoms. The minimum absolute atomic E-state index is 0.0564. The van der Waals surface area contributed by atoms with Crippen molar-refractivity contribution < 1.29 is 9.13 Å². The first-order chi connectivity index (χ1) is 16.1. The van der Waals surface area contributed by atoms with E-state index < -0.39 is 0 Å². The lowest BCUT2D eigenvalue weighted by atomic mass is 9.97. The molecule has 166 valence electrons. The summed E-state index contributed by atoms with van der Waals surface area (Å²) < 4.78 is 19.1. The van der Waals surface area contributed by atoms with Gasteiger partial charge in [-0.3, -0.25) is 0 Å². The van der Waals surface area contributed by atoms with E-state index in [2.05, 4.69) is 29.9 Å². The fraction of sp³-hybridized carbons (Fsp3) is 0.192. The summed E-state index contributed by atoms with van der Waals surface area (Å²) in [6.45, 7) is 8.29. The topological polar surface area (TPSA) is 82.9 Å². The van der Waals surface area contributed by atoms with Crippen LogP contribution in [0.15, 0.2) is 67.8 Å². The van der Waals surface area contributed by atoms with Crippen molar-refractivity contribution in [2.45, 2.75) is 18.8 Å². The number of aromatic nitrogens is 2. The second kappa shape index (κ2) is 9.96. The maximum Gasteiger partial charge on any atom is 0.229 e. The summed E-state index contributed by atoms with van der Waals surface area (Å²) in [6, 6.07) is 13.9. The SMILES string of the molecule is C=CCNc1nc(Nc2ccc(C#N)c(OCC=C)c2)nc2c1CCC2c1ccc(F)cc1. The van der Waals surface area contributed by atoms with Gasteiger partial charge in [-0.05, 0) is 42.7 Å². The highest BCUT2D eigenvalue weighted by Crippen LogP contribution is 2.40. The summed E-state index contributed by atoms with van der Waals surface area (Å²) in [5, 5.41) is 15.9. The van der Waals surface area contributed by atoms with Crippen LogP contribution in [0.3, 0.4) is 0 Å². The van der Waals surface area contributed by atoms with E-state index in [4.69, 9.17) is 14.7 Å². The number of anilines is 3. The predicted octanol–water partition coefficient (Wildman–Crippen LogP) is 5.47. The van der Waals surface area contributed by atoms with E-state index in [0.29, 0.717) is 36.1 Å². The van der Waals surface area contributed by atoms with Crippen LogP contribution in [0, 0.1) is 17.1 Å². The first kappa shape index (κ1) is 22.0. The van der Waals surface area contributed by atoms with Gasteiger partial charge in [-0.15, -0.1) is 6.58 Å². The van der Waals surface area contributed by atoms with Crippen molar-refractivity contribution in [1.82, 2.24) is 9.97 Å². The molecule has 1 aliphatic carbocycles. The maximum atomic E-state index is 13.5. The summed E-state index contributed by atoms with van der Waals surface area (Å²) in [5.41, 5.74) is 4.13. The molecule has 6 nitrogen and oxygen atoms in total. The zero-order valence-corrected chi connectivity index (χ0v) is 18.1. The molecule has 7 heteroatoms. The van der Waals surface area contributed by atoms with E-state index in [1.54, 1.807) is 30.4 Å². The van der Waals surface area contributed by atoms with Crippen molar-refractivity contribution in [2.24, 2.45) is 0 Å². The van der Waals surface area contributed by atoms with Crippen LogP contribution in [0.1, 0.15) is 34.7 Å². The van der Waals surface area contributed by atoms with E-state index in [9.17, 15) is 9.65 Å². The van der Waals surface area contributed by atoms with E-state index in [0.717, 1.165) is 35.5 Å². The normalized spacial score (nSPS) is 14.1. The smallest absolute Gasteiger partial charge is 0.229 e. The molecule has 3 aromatic rings. The Morgan fingerprint density at radius 1 is 1.15 bits per heavy atom. The zero-order chi connectivity index (χ0) is 23.2. The van der Waals surface area contributed by atoms with Gasteiger partial charge in [-0.2, -0.15) is 10.2 Å². The van der Waals surface area contributed by atoms with Crippen molar-refractivity contribution in [3.05, 3.63) is 96.0 Å². The Bertz CT molecular complexity index is 1220. The van der Waals surface area contributed by atoms with Crippen LogP contribution in [0.4, 0.5) is 21.8 Å². The molecule has 1 unspecified atom stereocenters. The molecular formula is C26H24FN5O. The predicted molar refractivity (Wildman–Crippen MR) is 127 cm³/mol. The molecule has 1 heterocycles. The molecule has 2 aromatic carbocycles. The van der Waals surface area contributed by atoms with Crippen molar-refractivity contribution in [3.8, 4) is 11.8 Å². The quantitative estimate of drug-likeness (QED) is 0.429. The fourth-order valence-corrected chi connectivity index (χ4v) is 3.94. The third-order valence-electron chi connectivity index (χ3n) is 5.45. The number of nitrogens with one attached hydrogen (secondary N) is 2. The van der Waals surface area contributed by atoms with Gasteiger partial charge in [0.05, 0.1) is 11.3 Å². The highest BCUT2D eigenvalue weighted by Gasteiger charge is 2.29. The molecule has 0 saturated heterocycles.